The Kier molecular flexibility index (Phi) is 4.21. The van der Waals surface area contributed by atoms with Gasteiger partial charge in [0.05, 0.1) is 19.2 Å². The van der Waals surface area contributed by atoms with E-state index in [9.17, 15) is 9.59 Å². The molecule has 1 aliphatic rings. The summed E-state index contributed by atoms with van der Waals surface area (Å²) in [4.78, 5) is 26.1. The molecule has 1 aliphatic heterocycles. The molecule has 1 heterocycles. The van der Waals surface area contributed by atoms with Gasteiger partial charge in [-0.2, -0.15) is 0 Å². The summed E-state index contributed by atoms with van der Waals surface area (Å²) in [6.45, 7) is 0. The van der Waals surface area contributed by atoms with Gasteiger partial charge in [0.25, 0.3) is 5.91 Å². The predicted molar refractivity (Wildman–Crippen MR) is 89.0 cm³/mol. The van der Waals surface area contributed by atoms with Crippen molar-refractivity contribution in [2.45, 2.75) is 12.5 Å². The van der Waals surface area contributed by atoms with E-state index in [1.807, 2.05) is 0 Å². The third kappa shape index (κ3) is 3.00. The maximum atomic E-state index is 12.6. The minimum absolute atomic E-state index is 0.0867. The number of nitrogens with zero attached hydrogens (tertiary/aromatic N) is 1. The molecule has 2 aromatic carbocycles. The zero-order valence-corrected chi connectivity index (χ0v) is 13.2. The van der Waals surface area contributed by atoms with E-state index in [-0.39, 0.29) is 18.2 Å². The average Bonchev–Trinajstić information content (AvgIpc) is 2.81. The van der Waals surface area contributed by atoms with Crippen molar-refractivity contribution in [3.05, 3.63) is 53.6 Å². The molecular weight excluding hydrogens is 316 g/mol. The lowest BCUT2D eigenvalue weighted by Gasteiger charge is -2.18. The molecule has 118 valence electrons. The number of halogens is 1. The van der Waals surface area contributed by atoms with Gasteiger partial charge in [0.1, 0.15) is 11.8 Å². The van der Waals surface area contributed by atoms with Crippen LogP contribution in [0, 0.1) is 0 Å². The van der Waals surface area contributed by atoms with Crippen molar-refractivity contribution in [1.29, 1.82) is 0 Å². The number of carbonyl (C=O) groups is 2. The van der Waals surface area contributed by atoms with Crippen LogP contribution >= 0.6 is 11.6 Å². The molecule has 1 saturated heterocycles. The van der Waals surface area contributed by atoms with Crippen LogP contribution in [0.4, 0.5) is 11.4 Å². The molecule has 1 atom stereocenters. The number of rotatable bonds is 4. The molecule has 3 rings (SSSR count). The molecular formula is C17H15ClN2O3. The van der Waals surface area contributed by atoms with E-state index in [2.05, 4.69) is 5.32 Å². The molecule has 0 spiro atoms. The topological polar surface area (TPSA) is 58.6 Å². The Hall–Kier alpha value is -2.53. The molecule has 5 nitrogen and oxygen atoms in total. The van der Waals surface area contributed by atoms with E-state index >= 15 is 0 Å². The van der Waals surface area contributed by atoms with E-state index < -0.39 is 6.04 Å². The van der Waals surface area contributed by atoms with Gasteiger partial charge in [0.2, 0.25) is 5.91 Å². The van der Waals surface area contributed by atoms with Gasteiger partial charge in [-0.3, -0.25) is 9.59 Å². The van der Waals surface area contributed by atoms with Crippen LogP contribution in [0.3, 0.4) is 0 Å². The highest BCUT2D eigenvalue weighted by atomic mass is 35.5. The summed E-state index contributed by atoms with van der Waals surface area (Å²) < 4.78 is 5.24. The molecule has 1 N–H and O–H groups in total. The lowest BCUT2D eigenvalue weighted by Crippen LogP contribution is -2.35. The minimum atomic E-state index is -0.620. The summed E-state index contributed by atoms with van der Waals surface area (Å²) in [5, 5.41) is 3.63. The first-order chi connectivity index (χ1) is 11.1. The number of nitrogens with one attached hydrogen (secondary N) is 1. The molecule has 0 aliphatic carbocycles. The van der Waals surface area contributed by atoms with Gasteiger partial charge in [0.15, 0.2) is 0 Å². The largest absolute Gasteiger partial charge is 0.495 e. The van der Waals surface area contributed by atoms with Crippen molar-refractivity contribution in [2.24, 2.45) is 0 Å². The Morgan fingerprint density at radius 1 is 1.17 bits per heavy atom. The first kappa shape index (κ1) is 15.4. The Balaban J connectivity index is 1.85. The number of anilines is 2. The molecule has 0 bridgehead atoms. The summed E-state index contributed by atoms with van der Waals surface area (Å²) >= 11 is 5.94. The van der Waals surface area contributed by atoms with E-state index in [1.165, 1.54) is 12.0 Å². The highest BCUT2D eigenvalue weighted by Crippen LogP contribution is 2.32. The van der Waals surface area contributed by atoms with Crippen molar-refractivity contribution < 1.29 is 14.3 Å². The molecule has 1 unspecified atom stereocenters. The van der Waals surface area contributed by atoms with Gasteiger partial charge in [-0.25, -0.2) is 4.90 Å². The number of para-hydroxylation sites is 2. The summed E-state index contributed by atoms with van der Waals surface area (Å²) in [5.74, 6) is -0.0869. The molecule has 1 fully saturated rings. The normalized spacial score (nSPS) is 17.5. The maximum absolute atomic E-state index is 12.6. The molecule has 0 saturated carbocycles. The number of hydrogen-bond acceptors (Lipinski definition) is 4. The van der Waals surface area contributed by atoms with Crippen LogP contribution in [0.15, 0.2) is 48.5 Å². The van der Waals surface area contributed by atoms with E-state index in [0.29, 0.717) is 22.1 Å². The maximum Gasteiger partial charge on any atom is 0.256 e. The monoisotopic (exact) mass is 330 g/mol. The van der Waals surface area contributed by atoms with Crippen LogP contribution in [0.2, 0.25) is 5.02 Å². The van der Waals surface area contributed by atoms with Gasteiger partial charge < -0.3 is 10.1 Å². The predicted octanol–water partition coefficient (Wildman–Crippen LogP) is 3.09. The van der Waals surface area contributed by atoms with Crippen molar-refractivity contribution in [2.75, 3.05) is 17.3 Å². The highest BCUT2D eigenvalue weighted by molar-refractivity contribution is 6.30. The van der Waals surface area contributed by atoms with Crippen molar-refractivity contribution in [3.8, 4) is 5.75 Å². The lowest BCUT2D eigenvalue weighted by atomic mass is 10.2. The van der Waals surface area contributed by atoms with Gasteiger partial charge in [-0.1, -0.05) is 29.8 Å². The second kappa shape index (κ2) is 6.30. The molecule has 0 aromatic heterocycles. The zero-order valence-electron chi connectivity index (χ0n) is 12.5. The number of ether oxygens (including phenoxy) is 1. The van der Waals surface area contributed by atoms with Gasteiger partial charge in [0, 0.05) is 10.7 Å². The summed E-state index contributed by atoms with van der Waals surface area (Å²) in [5.41, 5.74) is 1.16. The quantitative estimate of drug-likeness (QED) is 0.875. The van der Waals surface area contributed by atoms with E-state index in [4.69, 9.17) is 16.3 Å². The zero-order chi connectivity index (χ0) is 16.4. The SMILES string of the molecule is COc1ccccc1N1C(=O)CC(Nc2cccc(Cl)c2)C1=O. The summed E-state index contributed by atoms with van der Waals surface area (Å²) in [6, 6.07) is 13.4. The number of amides is 2. The molecule has 2 aromatic rings. The first-order valence-electron chi connectivity index (χ1n) is 7.12. The number of carbonyl (C=O) groups excluding carboxylic acids is 2. The molecule has 0 radical (unpaired) electrons. The first-order valence-corrected chi connectivity index (χ1v) is 7.50. The van der Waals surface area contributed by atoms with Crippen molar-refractivity contribution in [1.82, 2.24) is 0 Å². The second-order valence-corrected chi connectivity index (χ2v) is 5.59. The van der Waals surface area contributed by atoms with Crippen LogP contribution in [0.1, 0.15) is 6.42 Å². The molecule has 23 heavy (non-hydrogen) atoms. The Bertz CT molecular complexity index is 763. The smallest absolute Gasteiger partial charge is 0.256 e. The number of methoxy groups -OCH3 is 1. The number of hydrogen-bond donors (Lipinski definition) is 1. The fraction of sp³-hybridized carbons (Fsp3) is 0.176. The Labute approximate surface area is 138 Å². The van der Waals surface area contributed by atoms with E-state index in [1.54, 1.807) is 48.5 Å². The lowest BCUT2D eigenvalue weighted by molar-refractivity contribution is -0.121. The van der Waals surface area contributed by atoms with Gasteiger partial charge >= 0.3 is 0 Å². The summed E-state index contributed by atoms with van der Waals surface area (Å²) in [7, 11) is 1.51. The van der Waals surface area contributed by atoms with E-state index in [0.717, 1.165) is 0 Å². The van der Waals surface area contributed by atoms with Crippen LogP contribution in [0.5, 0.6) is 5.75 Å². The standard InChI is InChI=1S/C17H15ClN2O3/c1-23-15-8-3-2-7-14(15)20-16(21)10-13(17(20)22)19-12-6-4-5-11(18)9-12/h2-9,13,19H,10H2,1H3. The van der Waals surface area contributed by atoms with Crippen LogP contribution in [-0.2, 0) is 9.59 Å². The van der Waals surface area contributed by atoms with Crippen molar-refractivity contribution in [3.63, 3.8) is 0 Å². The minimum Gasteiger partial charge on any atom is -0.495 e. The Morgan fingerprint density at radius 3 is 2.70 bits per heavy atom. The summed E-state index contributed by atoms with van der Waals surface area (Å²) in [6.07, 6.45) is 0.0867. The number of benzene rings is 2. The van der Waals surface area contributed by atoms with Gasteiger partial charge in [-0.15, -0.1) is 0 Å². The highest BCUT2D eigenvalue weighted by Gasteiger charge is 2.40. The molecule has 6 heteroatoms. The molecule has 2 amide bonds. The third-order valence-corrected chi connectivity index (χ3v) is 3.87. The number of imide groups is 1. The van der Waals surface area contributed by atoms with Crippen LogP contribution < -0.4 is 15.0 Å². The fourth-order valence-electron chi connectivity index (χ4n) is 2.59. The third-order valence-electron chi connectivity index (χ3n) is 3.64. The average molecular weight is 331 g/mol. The van der Waals surface area contributed by atoms with Crippen molar-refractivity contribution >= 4 is 34.8 Å². The fourth-order valence-corrected chi connectivity index (χ4v) is 2.78. The van der Waals surface area contributed by atoms with Crippen LogP contribution in [-0.4, -0.2) is 25.0 Å². The second-order valence-electron chi connectivity index (χ2n) is 5.15. The van der Waals surface area contributed by atoms with Crippen LogP contribution in [0.25, 0.3) is 0 Å². The van der Waals surface area contributed by atoms with Gasteiger partial charge in [-0.05, 0) is 30.3 Å². The Morgan fingerprint density at radius 2 is 1.96 bits per heavy atom.